The zero-order valence-corrected chi connectivity index (χ0v) is 24.1. The molecule has 0 aromatic heterocycles. The number of phenols is 1. The third-order valence-electron chi connectivity index (χ3n) is 7.90. The zero-order valence-electron chi connectivity index (χ0n) is 24.1. The van der Waals surface area contributed by atoms with Crippen molar-refractivity contribution >= 4 is 35.4 Å². The quantitative estimate of drug-likeness (QED) is 0.307. The van der Waals surface area contributed by atoms with Crippen LogP contribution in [-0.4, -0.2) is 101 Å². The lowest BCUT2D eigenvalue weighted by molar-refractivity contribution is -0.144. The maximum absolute atomic E-state index is 13.6. The van der Waals surface area contributed by atoms with E-state index in [4.69, 9.17) is 0 Å². The highest BCUT2D eigenvalue weighted by Gasteiger charge is 2.40. The molecule has 3 heterocycles. The van der Waals surface area contributed by atoms with Crippen LogP contribution in [0.4, 0.5) is 0 Å². The molecule has 13 nitrogen and oxygen atoms in total. The van der Waals surface area contributed by atoms with Crippen molar-refractivity contribution in [2.24, 2.45) is 5.92 Å². The molecule has 0 radical (unpaired) electrons. The number of hydrogen-bond acceptors (Lipinski definition) is 7. The normalized spacial score (nSPS) is 26.5. The number of amides is 6. The number of carbonyl (C=O) groups excluding carboxylic acids is 6. The maximum atomic E-state index is 13.6. The summed E-state index contributed by atoms with van der Waals surface area (Å²) in [6, 6.07) is 2.60. The summed E-state index contributed by atoms with van der Waals surface area (Å²) in [7, 11) is 0. The topological polar surface area (TPSA) is 177 Å². The number of phenolic OH excluding ortho intramolecular Hbond substituents is 1. The van der Waals surface area contributed by atoms with Crippen LogP contribution in [0.1, 0.15) is 51.5 Å². The van der Waals surface area contributed by atoms with E-state index in [1.54, 1.807) is 12.1 Å². The molecule has 13 heteroatoms. The largest absolute Gasteiger partial charge is 0.508 e. The van der Waals surface area contributed by atoms with Crippen molar-refractivity contribution in [2.75, 3.05) is 26.2 Å². The summed E-state index contributed by atoms with van der Waals surface area (Å²) in [6.45, 7) is 3.73. The lowest BCUT2D eigenvalue weighted by atomic mass is 10.0. The van der Waals surface area contributed by atoms with Crippen LogP contribution >= 0.6 is 0 Å². The van der Waals surface area contributed by atoms with E-state index >= 15 is 0 Å². The molecule has 4 atom stereocenters. The van der Waals surface area contributed by atoms with Gasteiger partial charge in [0.25, 0.3) is 0 Å². The molecule has 3 aliphatic heterocycles. The Morgan fingerprint density at radius 3 is 2.07 bits per heavy atom. The zero-order chi connectivity index (χ0) is 30.4. The number of nitrogens with one attached hydrogen (secondary N) is 4. The van der Waals surface area contributed by atoms with Gasteiger partial charge in [0, 0.05) is 19.5 Å². The lowest BCUT2D eigenvalue weighted by Crippen LogP contribution is -2.58. The molecule has 3 saturated heterocycles. The van der Waals surface area contributed by atoms with Gasteiger partial charge >= 0.3 is 0 Å². The molecule has 5 N–H and O–H groups in total. The van der Waals surface area contributed by atoms with Gasteiger partial charge < -0.3 is 36.2 Å². The number of fused-ring (bicyclic) bond motifs is 2. The Morgan fingerprint density at radius 1 is 0.786 bits per heavy atom. The number of carbonyl (C=O) groups is 6. The van der Waals surface area contributed by atoms with Gasteiger partial charge in [0.2, 0.25) is 35.4 Å². The number of aromatic hydroxyl groups is 1. The Hall–Kier alpha value is -4.16. The van der Waals surface area contributed by atoms with Gasteiger partial charge in [-0.05, 0) is 55.7 Å². The monoisotopic (exact) mass is 584 g/mol. The first kappa shape index (κ1) is 30.8. The van der Waals surface area contributed by atoms with E-state index in [1.165, 1.54) is 21.9 Å². The first-order chi connectivity index (χ1) is 20.0. The van der Waals surface area contributed by atoms with E-state index in [0.717, 1.165) is 0 Å². The van der Waals surface area contributed by atoms with Crippen molar-refractivity contribution in [1.29, 1.82) is 0 Å². The minimum absolute atomic E-state index is 0.0458. The van der Waals surface area contributed by atoms with Crippen LogP contribution in [-0.2, 0) is 35.2 Å². The van der Waals surface area contributed by atoms with Crippen LogP contribution in [0, 0.1) is 5.92 Å². The lowest BCUT2D eigenvalue weighted by Gasteiger charge is -2.31. The van der Waals surface area contributed by atoms with Crippen molar-refractivity contribution in [3.63, 3.8) is 0 Å². The average molecular weight is 585 g/mol. The predicted octanol–water partition coefficient (Wildman–Crippen LogP) is -0.822. The molecule has 0 saturated carbocycles. The van der Waals surface area contributed by atoms with E-state index in [1.807, 2.05) is 13.8 Å². The van der Waals surface area contributed by atoms with E-state index in [0.29, 0.717) is 50.8 Å². The van der Waals surface area contributed by atoms with Gasteiger partial charge in [-0.3, -0.25) is 28.8 Å². The second kappa shape index (κ2) is 13.7. The van der Waals surface area contributed by atoms with Crippen molar-refractivity contribution < 1.29 is 33.9 Å². The van der Waals surface area contributed by atoms with Crippen LogP contribution in [0.5, 0.6) is 5.75 Å². The molecule has 3 fully saturated rings. The second-order valence-corrected chi connectivity index (χ2v) is 11.6. The highest BCUT2D eigenvalue weighted by Crippen LogP contribution is 2.22. The molecule has 1 aromatic rings. The van der Waals surface area contributed by atoms with Gasteiger partial charge in [-0.15, -0.1) is 0 Å². The van der Waals surface area contributed by atoms with Crippen LogP contribution in [0.3, 0.4) is 0 Å². The van der Waals surface area contributed by atoms with Crippen molar-refractivity contribution in [3.05, 3.63) is 29.8 Å². The molecule has 0 bridgehead atoms. The van der Waals surface area contributed by atoms with Gasteiger partial charge in [-0.2, -0.15) is 0 Å². The summed E-state index contributed by atoms with van der Waals surface area (Å²) in [5, 5.41) is 20.2. The molecule has 1 aromatic carbocycles. The molecule has 0 spiro atoms. The van der Waals surface area contributed by atoms with Crippen LogP contribution < -0.4 is 21.3 Å². The minimum Gasteiger partial charge on any atom is -0.508 e. The van der Waals surface area contributed by atoms with Crippen LogP contribution in [0.15, 0.2) is 24.3 Å². The molecule has 42 heavy (non-hydrogen) atoms. The highest BCUT2D eigenvalue weighted by molar-refractivity contribution is 5.97. The second-order valence-electron chi connectivity index (χ2n) is 11.6. The number of benzene rings is 1. The third-order valence-corrected chi connectivity index (χ3v) is 7.90. The predicted molar refractivity (Wildman–Crippen MR) is 151 cm³/mol. The molecule has 228 valence electrons. The molecule has 4 rings (SSSR count). The Bertz CT molecular complexity index is 1200. The summed E-state index contributed by atoms with van der Waals surface area (Å²) in [5.74, 6) is -2.85. The highest BCUT2D eigenvalue weighted by atomic mass is 16.3. The summed E-state index contributed by atoms with van der Waals surface area (Å²) < 4.78 is 0. The average Bonchev–Trinajstić information content (AvgIpc) is 3.64. The molecule has 3 aliphatic rings. The molecular formula is C29H40N6O7. The molecule has 6 amide bonds. The molecular weight excluding hydrogens is 544 g/mol. The SMILES string of the molecule is CC(C)CC1NC(=O)C2CCCN2C(=O)CNC(=O)C(Cc2ccc(O)cc2)NC(=O)CNC(=O)C2CCCN2C1=O. The number of rotatable bonds is 4. The molecule has 0 aliphatic carbocycles. The van der Waals surface area contributed by atoms with E-state index in [-0.39, 0.29) is 30.5 Å². The minimum atomic E-state index is -1.08. The fourth-order valence-electron chi connectivity index (χ4n) is 5.80. The van der Waals surface area contributed by atoms with Gasteiger partial charge in [-0.1, -0.05) is 26.0 Å². The molecule has 4 unspecified atom stereocenters. The Labute approximate surface area is 244 Å². The Balaban J connectivity index is 1.59. The first-order valence-electron chi connectivity index (χ1n) is 14.6. The number of hydrogen-bond donors (Lipinski definition) is 5. The van der Waals surface area contributed by atoms with Gasteiger partial charge in [0.15, 0.2) is 0 Å². The van der Waals surface area contributed by atoms with Crippen molar-refractivity contribution in [3.8, 4) is 5.75 Å². The van der Waals surface area contributed by atoms with Crippen LogP contribution in [0.25, 0.3) is 0 Å². The maximum Gasteiger partial charge on any atom is 0.245 e. The fraction of sp³-hybridized carbons (Fsp3) is 0.586. The van der Waals surface area contributed by atoms with Crippen molar-refractivity contribution in [1.82, 2.24) is 31.1 Å². The van der Waals surface area contributed by atoms with Gasteiger partial charge in [-0.25, -0.2) is 0 Å². The van der Waals surface area contributed by atoms with E-state index < -0.39 is 60.2 Å². The van der Waals surface area contributed by atoms with Gasteiger partial charge in [0.1, 0.15) is 29.9 Å². The Morgan fingerprint density at radius 2 is 1.40 bits per heavy atom. The standard InChI is InChI=1S/C29H40N6O7/c1-17(2)13-21-29(42)35-12-4-5-22(35)27(40)30-15-24(37)32-20(14-18-7-9-19(36)10-8-18)26(39)31-16-25(38)34-11-3-6-23(34)28(41)33-21/h7-10,17,20-23,36H,3-6,11-16H2,1-2H3,(H,30,40)(H,31,39)(H,32,37)(H,33,41). The number of nitrogens with zero attached hydrogens (tertiary/aromatic N) is 2. The van der Waals surface area contributed by atoms with Crippen molar-refractivity contribution in [2.45, 2.75) is 76.5 Å². The first-order valence-corrected chi connectivity index (χ1v) is 14.6. The third kappa shape index (κ3) is 7.56. The summed E-state index contributed by atoms with van der Waals surface area (Å²) in [5.41, 5.74) is 0.651. The Kier molecular flexibility index (Phi) is 10.0. The van der Waals surface area contributed by atoms with Crippen LogP contribution in [0.2, 0.25) is 0 Å². The smallest absolute Gasteiger partial charge is 0.245 e. The van der Waals surface area contributed by atoms with E-state index in [9.17, 15) is 33.9 Å². The summed E-state index contributed by atoms with van der Waals surface area (Å²) >= 11 is 0. The van der Waals surface area contributed by atoms with Gasteiger partial charge in [0.05, 0.1) is 13.1 Å². The summed E-state index contributed by atoms with van der Waals surface area (Å²) in [4.78, 5) is 82.2. The van der Waals surface area contributed by atoms with E-state index in [2.05, 4.69) is 21.3 Å². The fourth-order valence-corrected chi connectivity index (χ4v) is 5.80. The summed E-state index contributed by atoms with van der Waals surface area (Å²) in [6.07, 6.45) is 2.45.